The van der Waals surface area contributed by atoms with Crippen LogP contribution < -0.4 is 0 Å². The van der Waals surface area contributed by atoms with E-state index in [0.29, 0.717) is 0 Å². The van der Waals surface area contributed by atoms with Crippen molar-refractivity contribution in [3.8, 4) is 0 Å². The summed E-state index contributed by atoms with van der Waals surface area (Å²) < 4.78 is 0. The second kappa shape index (κ2) is 7.31. The fraction of sp³-hybridized carbons (Fsp3) is 0. The average molecular weight is 356 g/mol. The molecule has 0 aliphatic carbocycles. The quantitative estimate of drug-likeness (QED) is 0.577. The van der Waals surface area contributed by atoms with E-state index in [0.717, 1.165) is 24.3 Å². The number of rotatable bonds is 6. The van der Waals surface area contributed by atoms with Crippen LogP contribution in [0.4, 0.5) is 0 Å². The van der Waals surface area contributed by atoms with Crippen LogP contribution in [0.25, 0.3) is 12.2 Å². The summed E-state index contributed by atoms with van der Waals surface area (Å²) in [5.74, 6) is -5.42. The molecule has 0 saturated carbocycles. The summed E-state index contributed by atoms with van der Waals surface area (Å²) >= 11 is 0. The van der Waals surface area contributed by atoms with E-state index in [2.05, 4.69) is 0 Å². The zero-order chi connectivity index (χ0) is 19.4. The third-order valence-corrected chi connectivity index (χ3v) is 3.51. The SMILES string of the molecule is O=C(O)c1ccc(C(=O)O)c(/C=C/c2cccc(C(=O)O)c2C(=O)O)c1. The number of carbonyl (C=O) groups is 4. The molecule has 0 fully saturated rings. The summed E-state index contributed by atoms with van der Waals surface area (Å²) in [5.41, 5.74) is -1.13. The van der Waals surface area contributed by atoms with Crippen LogP contribution in [0, 0.1) is 0 Å². The third kappa shape index (κ3) is 3.75. The first-order valence-electron chi connectivity index (χ1n) is 7.10. The fourth-order valence-corrected chi connectivity index (χ4v) is 2.33. The standard InChI is InChI=1S/C18H12O8/c19-15(20)11-6-7-12(16(21)22)10(8-11)5-4-9-2-1-3-13(17(23)24)14(9)18(25)26/h1-8H,(H,19,20)(H,21,22)(H,23,24)(H,25,26)/b5-4+. The van der Waals surface area contributed by atoms with Gasteiger partial charge in [-0.15, -0.1) is 0 Å². The number of carboxylic acid groups (broad SMARTS) is 4. The molecule has 0 saturated heterocycles. The Balaban J connectivity index is 2.60. The van der Waals surface area contributed by atoms with Gasteiger partial charge in [0.15, 0.2) is 0 Å². The van der Waals surface area contributed by atoms with E-state index in [4.69, 9.17) is 10.2 Å². The zero-order valence-electron chi connectivity index (χ0n) is 13.0. The van der Waals surface area contributed by atoms with Crippen molar-refractivity contribution in [2.24, 2.45) is 0 Å². The molecular weight excluding hydrogens is 344 g/mol. The van der Waals surface area contributed by atoms with Crippen LogP contribution in [0.1, 0.15) is 52.6 Å². The summed E-state index contributed by atoms with van der Waals surface area (Å²) in [6.07, 6.45) is 2.45. The van der Waals surface area contributed by atoms with Gasteiger partial charge in [-0.25, -0.2) is 19.2 Å². The molecule has 0 heterocycles. The Morgan fingerprint density at radius 2 is 1.27 bits per heavy atom. The van der Waals surface area contributed by atoms with Crippen molar-refractivity contribution in [2.45, 2.75) is 0 Å². The molecule has 0 radical (unpaired) electrons. The average Bonchev–Trinajstić information content (AvgIpc) is 2.58. The Morgan fingerprint density at radius 3 is 1.81 bits per heavy atom. The van der Waals surface area contributed by atoms with E-state index in [1.54, 1.807) is 0 Å². The Bertz CT molecular complexity index is 952. The summed E-state index contributed by atoms with van der Waals surface area (Å²) in [5, 5.41) is 36.6. The van der Waals surface area contributed by atoms with Crippen molar-refractivity contribution < 1.29 is 39.6 Å². The summed E-state index contributed by atoms with van der Waals surface area (Å²) in [6, 6.07) is 7.23. The molecule has 26 heavy (non-hydrogen) atoms. The van der Waals surface area contributed by atoms with Crippen molar-refractivity contribution >= 4 is 36.0 Å². The Hall–Kier alpha value is -3.94. The second-order valence-electron chi connectivity index (χ2n) is 5.13. The summed E-state index contributed by atoms with van der Waals surface area (Å²) in [4.78, 5) is 44.9. The molecule has 4 N–H and O–H groups in total. The summed E-state index contributed by atoms with van der Waals surface area (Å²) in [6.45, 7) is 0. The first kappa shape index (κ1) is 18.4. The van der Waals surface area contributed by atoms with Gasteiger partial charge in [-0.05, 0) is 35.4 Å². The van der Waals surface area contributed by atoms with E-state index >= 15 is 0 Å². The number of hydrogen-bond acceptors (Lipinski definition) is 4. The minimum absolute atomic E-state index is 0.0365. The lowest BCUT2D eigenvalue weighted by molar-refractivity contribution is 0.0651. The van der Waals surface area contributed by atoms with Crippen LogP contribution in [-0.2, 0) is 0 Å². The predicted molar refractivity (Wildman–Crippen MR) is 89.6 cm³/mol. The van der Waals surface area contributed by atoms with E-state index in [1.807, 2.05) is 0 Å². The van der Waals surface area contributed by atoms with Gasteiger partial charge in [-0.3, -0.25) is 0 Å². The lowest BCUT2D eigenvalue weighted by atomic mass is 9.98. The molecular formula is C18H12O8. The van der Waals surface area contributed by atoms with Gasteiger partial charge in [0.25, 0.3) is 0 Å². The molecule has 0 unspecified atom stereocenters. The Labute approximate surface area is 146 Å². The van der Waals surface area contributed by atoms with Crippen LogP contribution >= 0.6 is 0 Å². The van der Waals surface area contributed by atoms with E-state index in [9.17, 15) is 29.4 Å². The number of aromatic carboxylic acids is 4. The summed E-state index contributed by atoms with van der Waals surface area (Å²) in [7, 11) is 0. The van der Waals surface area contributed by atoms with Gasteiger partial charge in [0.2, 0.25) is 0 Å². The first-order valence-corrected chi connectivity index (χ1v) is 7.10. The second-order valence-corrected chi connectivity index (χ2v) is 5.13. The maximum atomic E-state index is 11.4. The highest BCUT2D eigenvalue weighted by Crippen LogP contribution is 2.20. The highest BCUT2D eigenvalue weighted by atomic mass is 16.4. The first-order chi connectivity index (χ1) is 12.2. The van der Waals surface area contributed by atoms with Crippen molar-refractivity contribution in [1.29, 1.82) is 0 Å². The minimum Gasteiger partial charge on any atom is -0.478 e. The molecule has 8 heteroatoms. The molecule has 2 aromatic carbocycles. The van der Waals surface area contributed by atoms with Crippen LogP contribution in [0.5, 0.6) is 0 Å². The molecule has 0 aliphatic heterocycles. The number of hydrogen-bond donors (Lipinski definition) is 4. The molecule has 132 valence electrons. The van der Waals surface area contributed by atoms with Crippen LogP contribution in [0.3, 0.4) is 0 Å². The van der Waals surface area contributed by atoms with E-state index in [1.165, 1.54) is 24.3 Å². The molecule has 0 bridgehead atoms. The van der Waals surface area contributed by atoms with Gasteiger partial charge >= 0.3 is 23.9 Å². The molecule has 2 rings (SSSR count). The molecule has 0 aliphatic rings. The third-order valence-electron chi connectivity index (χ3n) is 3.51. The lowest BCUT2D eigenvalue weighted by Crippen LogP contribution is -2.09. The normalized spacial score (nSPS) is 10.6. The van der Waals surface area contributed by atoms with Gasteiger partial charge in [0.1, 0.15) is 0 Å². The minimum atomic E-state index is -1.46. The van der Waals surface area contributed by atoms with Gasteiger partial charge in [0, 0.05) is 0 Å². The smallest absolute Gasteiger partial charge is 0.337 e. The Kier molecular flexibility index (Phi) is 5.17. The fourth-order valence-electron chi connectivity index (χ4n) is 2.33. The van der Waals surface area contributed by atoms with Crippen molar-refractivity contribution in [3.63, 3.8) is 0 Å². The highest BCUT2D eigenvalue weighted by molar-refractivity contribution is 6.05. The molecule has 0 atom stereocenters. The van der Waals surface area contributed by atoms with E-state index < -0.39 is 35.0 Å². The maximum Gasteiger partial charge on any atom is 0.337 e. The monoisotopic (exact) mass is 356 g/mol. The van der Waals surface area contributed by atoms with Crippen molar-refractivity contribution in [2.75, 3.05) is 0 Å². The van der Waals surface area contributed by atoms with Crippen LogP contribution in [0.2, 0.25) is 0 Å². The van der Waals surface area contributed by atoms with Gasteiger partial charge in [-0.1, -0.05) is 24.3 Å². The predicted octanol–water partition coefficient (Wildman–Crippen LogP) is 2.65. The molecule has 0 amide bonds. The molecule has 0 aromatic heterocycles. The molecule has 0 spiro atoms. The number of carboxylic acids is 4. The maximum absolute atomic E-state index is 11.4. The van der Waals surface area contributed by atoms with Gasteiger partial charge in [0.05, 0.1) is 22.3 Å². The van der Waals surface area contributed by atoms with Crippen LogP contribution in [0.15, 0.2) is 36.4 Å². The van der Waals surface area contributed by atoms with Crippen LogP contribution in [-0.4, -0.2) is 44.3 Å². The largest absolute Gasteiger partial charge is 0.478 e. The topological polar surface area (TPSA) is 149 Å². The number of benzene rings is 2. The van der Waals surface area contributed by atoms with Gasteiger partial charge < -0.3 is 20.4 Å². The molecule has 8 nitrogen and oxygen atoms in total. The highest BCUT2D eigenvalue weighted by Gasteiger charge is 2.19. The molecule has 2 aromatic rings. The zero-order valence-corrected chi connectivity index (χ0v) is 13.0. The lowest BCUT2D eigenvalue weighted by Gasteiger charge is -2.06. The van der Waals surface area contributed by atoms with Crippen molar-refractivity contribution in [1.82, 2.24) is 0 Å². The Morgan fingerprint density at radius 1 is 0.654 bits per heavy atom. The van der Waals surface area contributed by atoms with Crippen molar-refractivity contribution in [3.05, 3.63) is 69.8 Å². The van der Waals surface area contributed by atoms with Gasteiger partial charge in [-0.2, -0.15) is 0 Å². The van der Waals surface area contributed by atoms with E-state index in [-0.39, 0.29) is 22.3 Å².